The van der Waals surface area contributed by atoms with Crippen molar-refractivity contribution in [2.24, 2.45) is 0 Å². The number of benzene rings is 2. The molecular weight excluding hydrogens is 344 g/mol. The molecule has 6 nitrogen and oxygen atoms in total. The number of H-pyrrole nitrogens is 1. The van der Waals surface area contributed by atoms with Gasteiger partial charge in [0.05, 0.1) is 19.8 Å². The molecule has 1 heterocycles. The maximum absolute atomic E-state index is 10.4. The van der Waals surface area contributed by atoms with Crippen molar-refractivity contribution >= 4 is 0 Å². The van der Waals surface area contributed by atoms with Crippen molar-refractivity contribution in [1.29, 1.82) is 0 Å². The first kappa shape index (κ1) is 19.3. The third kappa shape index (κ3) is 5.48. The number of hydrogen-bond acceptors (Lipinski definition) is 5. The minimum atomic E-state index is -1.11. The van der Waals surface area contributed by atoms with Crippen LogP contribution in [0.5, 0.6) is 0 Å². The summed E-state index contributed by atoms with van der Waals surface area (Å²) in [5.74, 6) is 0.538. The summed E-state index contributed by atoms with van der Waals surface area (Å²) in [7, 11) is 0. The van der Waals surface area contributed by atoms with Crippen LogP contribution in [-0.4, -0.2) is 39.0 Å². The van der Waals surface area contributed by atoms with E-state index in [0.29, 0.717) is 12.4 Å². The number of imidazole rings is 1. The van der Waals surface area contributed by atoms with Gasteiger partial charge in [0.25, 0.3) is 0 Å². The summed E-state index contributed by atoms with van der Waals surface area (Å²) in [6, 6.07) is 19.4. The van der Waals surface area contributed by atoms with Crippen molar-refractivity contribution in [2.45, 2.75) is 31.5 Å². The second kappa shape index (κ2) is 9.99. The highest BCUT2D eigenvalue weighted by atomic mass is 16.5. The van der Waals surface area contributed by atoms with Gasteiger partial charge in [-0.15, -0.1) is 0 Å². The fraction of sp³-hybridized carbons (Fsp3) is 0.286. The van der Waals surface area contributed by atoms with E-state index in [9.17, 15) is 10.2 Å². The third-order valence-corrected chi connectivity index (χ3v) is 4.21. The number of aromatic nitrogens is 2. The number of nitrogens with one attached hydrogen (secondary N) is 1. The van der Waals surface area contributed by atoms with Gasteiger partial charge in [-0.3, -0.25) is 0 Å². The lowest BCUT2D eigenvalue weighted by Gasteiger charge is -2.29. The normalized spacial score (nSPS) is 14.6. The Morgan fingerprint density at radius 2 is 1.48 bits per heavy atom. The Kier molecular flexibility index (Phi) is 7.12. The Morgan fingerprint density at radius 1 is 0.889 bits per heavy atom. The van der Waals surface area contributed by atoms with Gasteiger partial charge in [0.1, 0.15) is 24.1 Å². The van der Waals surface area contributed by atoms with Crippen molar-refractivity contribution < 1.29 is 19.7 Å². The molecule has 3 N–H and O–H groups in total. The first-order chi connectivity index (χ1) is 13.3. The standard InChI is InChI=1S/C21H24N2O4/c24-13-18(25)19(26-14-16-7-3-1-4-8-16)20(21-22-11-12-23-21)27-15-17-9-5-2-6-10-17/h1-12,18-20,24-25H,13-15H2,(H,22,23)/t18-,19-,20-/m0/s1. The first-order valence-electron chi connectivity index (χ1n) is 8.87. The summed E-state index contributed by atoms with van der Waals surface area (Å²) < 4.78 is 12.0. The minimum absolute atomic E-state index is 0.286. The molecule has 1 aromatic heterocycles. The second-order valence-corrected chi connectivity index (χ2v) is 6.20. The molecule has 0 bridgehead atoms. The fourth-order valence-corrected chi connectivity index (χ4v) is 2.79. The zero-order valence-electron chi connectivity index (χ0n) is 14.9. The Balaban J connectivity index is 1.76. The number of ether oxygens (including phenoxy) is 2. The maximum Gasteiger partial charge on any atom is 0.144 e. The molecule has 27 heavy (non-hydrogen) atoms. The lowest BCUT2D eigenvalue weighted by atomic mass is 10.1. The monoisotopic (exact) mass is 368 g/mol. The van der Waals surface area contributed by atoms with Crippen LogP contribution < -0.4 is 0 Å². The van der Waals surface area contributed by atoms with Crippen molar-refractivity contribution in [3.8, 4) is 0 Å². The van der Waals surface area contributed by atoms with Gasteiger partial charge < -0.3 is 24.7 Å². The van der Waals surface area contributed by atoms with Crippen molar-refractivity contribution in [3.63, 3.8) is 0 Å². The molecule has 0 unspecified atom stereocenters. The summed E-state index contributed by atoms with van der Waals surface area (Å²) in [4.78, 5) is 7.29. The summed E-state index contributed by atoms with van der Waals surface area (Å²) >= 11 is 0. The molecule has 0 aliphatic heterocycles. The van der Waals surface area contributed by atoms with E-state index in [4.69, 9.17) is 9.47 Å². The average molecular weight is 368 g/mol. The largest absolute Gasteiger partial charge is 0.394 e. The van der Waals surface area contributed by atoms with Gasteiger partial charge in [0, 0.05) is 12.4 Å². The van der Waals surface area contributed by atoms with Crippen LogP contribution in [0.3, 0.4) is 0 Å². The summed E-state index contributed by atoms with van der Waals surface area (Å²) in [5.41, 5.74) is 1.96. The number of aliphatic hydroxyl groups is 2. The zero-order chi connectivity index (χ0) is 18.9. The van der Waals surface area contributed by atoms with Gasteiger partial charge in [-0.25, -0.2) is 4.98 Å². The van der Waals surface area contributed by atoms with Gasteiger partial charge in [-0.2, -0.15) is 0 Å². The molecule has 2 aromatic carbocycles. The summed E-state index contributed by atoms with van der Waals surface area (Å²) in [6.45, 7) is 0.176. The van der Waals surface area contributed by atoms with Crippen molar-refractivity contribution in [2.75, 3.05) is 6.61 Å². The molecule has 0 saturated carbocycles. The number of rotatable bonds is 10. The van der Waals surface area contributed by atoms with Gasteiger partial charge in [-0.05, 0) is 11.1 Å². The van der Waals surface area contributed by atoms with Crippen LogP contribution in [0.4, 0.5) is 0 Å². The van der Waals surface area contributed by atoms with Crippen LogP contribution in [0, 0.1) is 0 Å². The first-order valence-corrected chi connectivity index (χ1v) is 8.87. The van der Waals surface area contributed by atoms with Gasteiger partial charge in [-0.1, -0.05) is 60.7 Å². The molecule has 0 aliphatic rings. The molecule has 0 amide bonds. The smallest absolute Gasteiger partial charge is 0.144 e. The number of aliphatic hydroxyl groups excluding tert-OH is 2. The molecule has 3 rings (SSSR count). The highest BCUT2D eigenvalue weighted by Crippen LogP contribution is 2.26. The van der Waals surface area contributed by atoms with Crippen LogP contribution in [0.2, 0.25) is 0 Å². The SMILES string of the molecule is OC[C@H](O)[C@H](OCc1ccccc1)[C@H](OCc1ccccc1)c1ncc[nH]1. The predicted octanol–water partition coefficient (Wildman–Crippen LogP) is 2.61. The third-order valence-electron chi connectivity index (χ3n) is 4.21. The average Bonchev–Trinajstić information content (AvgIpc) is 3.26. The zero-order valence-corrected chi connectivity index (χ0v) is 14.9. The maximum atomic E-state index is 10.4. The molecule has 0 spiro atoms. The summed E-state index contributed by atoms with van der Waals surface area (Å²) in [6.07, 6.45) is 0.748. The number of aromatic amines is 1. The highest BCUT2D eigenvalue weighted by molar-refractivity contribution is 5.14. The quantitative estimate of drug-likeness (QED) is 0.512. The van der Waals surface area contributed by atoms with Crippen molar-refractivity contribution in [1.82, 2.24) is 9.97 Å². The van der Waals surface area contributed by atoms with Crippen molar-refractivity contribution in [3.05, 3.63) is 90.0 Å². The molecule has 3 atom stereocenters. The Morgan fingerprint density at radius 3 is 2.00 bits per heavy atom. The van der Waals surface area contributed by atoms with Crippen LogP contribution in [-0.2, 0) is 22.7 Å². The molecule has 6 heteroatoms. The predicted molar refractivity (Wildman–Crippen MR) is 101 cm³/mol. The molecule has 3 aromatic rings. The minimum Gasteiger partial charge on any atom is -0.394 e. The molecule has 0 aliphatic carbocycles. The molecule has 142 valence electrons. The fourth-order valence-electron chi connectivity index (χ4n) is 2.79. The van der Waals surface area contributed by atoms with Crippen LogP contribution in [0.25, 0.3) is 0 Å². The number of hydrogen-bond donors (Lipinski definition) is 3. The van der Waals surface area contributed by atoms with Crippen LogP contribution in [0.1, 0.15) is 23.1 Å². The van der Waals surface area contributed by atoms with E-state index in [1.54, 1.807) is 12.4 Å². The topological polar surface area (TPSA) is 87.6 Å². The van der Waals surface area contributed by atoms with Gasteiger partial charge in [0.2, 0.25) is 0 Å². The van der Waals surface area contributed by atoms with E-state index in [-0.39, 0.29) is 6.61 Å². The second-order valence-electron chi connectivity index (χ2n) is 6.20. The van der Waals surface area contributed by atoms with E-state index in [2.05, 4.69) is 9.97 Å². The lowest BCUT2D eigenvalue weighted by Crippen LogP contribution is -2.39. The number of nitrogens with zero attached hydrogens (tertiary/aromatic N) is 1. The lowest BCUT2D eigenvalue weighted by molar-refractivity contribution is -0.145. The molecule has 0 radical (unpaired) electrons. The van der Waals surface area contributed by atoms with Gasteiger partial charge in [0.15, 0.2) is 0 Å². The van der Waals surface area contributed by atoms with Gasteiger partial charge >= 0.3 is 0 Å². The highest BCUT2D eigenvalue weighted by Gasteiger charge is 2.33. The Hall–Kier alpha value is -2.51. The van der Waals surface area contributed by atoms with E-state index >= 15 is 0 Å². The molecular formula is C21H24N2O4. The van der Waals surface area contributed by atoms with E-state index in [1.807, 2.05) is 60.7 Å². The van der Waals surface area contributed by atoms with E-state index < -0.39 is 24.9 Å². The van der Waals surface area contributed by atoms with Crippen LogP contribution >= 0.6 is 0 Å². The van der Waals surface area contributed by atoms with E-state index in [1.165, 1.54) is 0 Å². The van der Waals surface area contributed by atoms with Crippen LogP contribution in [0.15, 0.2) is 73.1 Å². The molecule has 0 fully saturated rings. The molecule has 0 saturated heterocycles. The summed E-state index contributed by atoms with van der Waals surface area (Å²) in [5, 5.41) is 19.9. The van der Waals surface area contributed by atoms with E-state index in [0.717, 1.165) is 11.1 Å². The Bertz CT molecular complexity index is 765. The Labute approximate surface area is 158 Å².